The molecule has 8 heteroatoms. The number of carbonyl (C=O) groups is 1. The molecule has 2 bridgehead atoms. The van der Waals surface area contributed by atoms with Crippen LogP contribution >= 0.6 is 0 Å². The van der Waals surface area contributed by atoms with Crippen LogP contribution in [0.1, 0.15) is 29.2 Å². The number of aromatic nitrogens is 1. The third-order valence-electron chi connectivity index (χ3n) is 6.91. The maximum Gasteiger partial charge on any atom is 0.340 e. The number of rotatable bonds is 5. The molecule has 8 nitrogen and oxygen atoms in total. The van der Waals surface area contributed by atoms with Crippen LogP contribution in [-0.2, 0) is 17.8 Å². The molecule has 4 heterocycles. The Balaban J connectivity index is 1.20. The monoisotopic (exact) mass is 449 g/mol. The lowest BCUT2D eigenvalue weighted by molar-refractivity contribution is -0.120. The SMILES string of the molecule is Cc1c(CC(=O)NCCN2C[C@H]3C[C@@H](C2)c2cccc(=O)n2C3)c(=O)oc2cc(O)ccc12. The van der Waals surface area contributed by atoms with E-state index in [-0.39, 0.29) is 23.6 Å². The number of benzene rings is 1. The Bertz CT molecular complexity index is 1340. The molecule has 1 saturated heterocycles. The van der Waals surface area contributed by atoms with Crippen molar-refractivity contribution in [2.24, 2.45) is 5.92 Å². The summed E-state index contributed by atoms with van der Waals surface area (Å²) in [5.74, 6) is 0.577. The van der Waals surface area contributed by atoms with Crippen molar-refractivity contribution in [3.63, 3.8) is 0 Å². The number of phenolic OH excluding ortho intramolecular Hbond substituents is 1. The van der Waals surface area contributed by atoms with Crippen molar-refractivity contribution in [2.45, 2.75) is 32.2 Å². The molecule has 0 saturated carbocycles. The van der Waals surface area contributed by atoms with Crippen molar-refractivity contribution in [1.29, 1.82) is 0 Å². The molecule has 0 unspecified atom stereocenters. The molecule has 1 amide bonds. The largest absolute Gasteiger partial charge is 0.508 e. The highest BCUT2D eigenvalue weighted by Gasteiger charge is 2.34. The van der Waals surface area contributed by atoms with Crippen molar-refractivity contribution >= 4 is 16.9 Å². The minimum Gasteiger partial charge on any atom is -0.508 e. The van der Waals surface area contributed by atoms with Crippen LogP contribution in [0.3, 0.4) is 0 Å². The van der Waals surface area contributed by atoms with Gasteiger partial charge in [-0.1, -0.05) is 6.07 Å². The van der Waals surface area contributed by atoms with Crippen molar-refractivity contribution in [3.8, 4) is 5.75 Å². The first-order valence-corrected chi connectivity index (χ1v) is 11.3. The number of phenols is 1. The molecule has 2 atom stereocenters. The summed E-state index contributed by atoms with van der Waals surface area (Å²) in [7, 11) is 0. The van der Waals surface area contributed by atoms with Gasteiger partial charge in [0.15, 0.2) is 0 Å². The number of pyridine rings is 1. The van der Waals surface area contributed by atoms with Gasteiger partial charge < -0.3 is 24.3 Å². The number of hydrogen-bond donors (Lipinski definition) is 2. The van der Waals surface area contributed by atoms with Crippen molar-refractivity contribution in [3.05, 3.63) is 74.0 Å². The first-order valence-electron chi connectivity index (χ1n) is 11.3. The molecule has 2 N–H and O–H groups in total. The van der Waals surface area contributed by atoms with Crippen LogP contribution in [0.5, 0.6) is 5.75 Å². The van der Waals surface area contributed by atoms with E-state index >= 15 is 0 Å². The highest BCUT2D eigenvalue weighted by Crippen LogP contribution is 2.34. The number of amides is 1. The standard InChI is InChI=1S/C25H27N3O5/c1-15-19-6-5-18(29)10-22(19)33-25(32)20(15)11-23(30)26-7-8-27-12-16-9-17(14-27)21-3-2-4-24(31)28(21)13-16/h2-6,10,16-17,29H,7-9,11-14H2,1H3,(H,26,30)/t16-,17+/m1/s1. The predicted molar refractivity (Wildman–Crippen MR) is 124 cm³/mol. The number of hydrogen-bond acceptors (Lipinski definition) is 6. The van der Waals surface area contributed by atoms with E-state index in [0.29, 0.717) is 40.5 Å². The summed E-state index contributed by atoms with van der Waals surface area (Å²) in [6, 6.07) is 10.1. The van der Waals surface area contributed by atoms with Gasteiger partial charge >= 0.3 is 5.63 Å². The normalized spacial score (nSPS) is 19.9. The Morgan fingerprint density at radius 2 is 2.03 bits per heavy atom. The molecule has 0 aliphatic carbocycles. The molecule has 2 aliphatic heterocycles. The zero-order chi connectivity index (χ0) is 23.1. The summed E-state index contributed by atoms with van der Waals surface area (Å²) in [6.07, 6.45) is 1.05. The number of aromatic hydroxyl groups is 1. The van der Waals surface area contributed by atoms with E-state index in [1.54, 1.807) is 19.1 Å². The topological polar surface area (TPSA) is 105 Å². The third kappa shape index (κ3) is 4.18. The van der Waals surface area contributed by atoms with Gasteiger partial charge in [-0.3, -0.25) is 9.59 Å². The molecule has 0 spiro atoms. The molecule has 2 aromatic heterocycles. The van der Waals surface area contributed by atoms with E-state index in [4.69, 9.17) is 4.42 Å². The second kappa shape index (κ2) is 8.51. The highest BCUT2D eigenvalue weighted by atomic mass is 16.4. The van der Waals surface area contributed by atoms with Gasteiger partial charge in [0, 0.05) is 61.9 Å². The summed E-state index contributed by atoms with van der Waals surface area (Å²) in [4.78, 5) is 39.5. The van der Waals surface area contributed by atoms with Crippen LogP contribution in [0.25, 0.3) is 11.0 Å². The average Bonchev–Trinajstić information content (AvgIpc) is 2.77. The Hall–Kier alpha value is -3.39. The summed E-state index contributed by atoms with van der Waals surface area (Å²) in [5.41, 5.74) is 1.96. The summed E-state index contributed by atoms with van der Waals surface area (Å²) in [5, 5.41) is 13.2. The minimum absolute atomic E-state index is 0.0212. The number of aryl methyl sites for hydroxylation is 1. The molecular formula is C25H27N3O5. The van der Waals surface area contributed by atoms with Crippen LogP contribution in [0.2, 0.25) is 0 Å². The van der Waals surface area contributed by atoms with E-state index < -0.39 is 5.63 Å². The second-order valence-corrected chi connectivity index (χ2v) is 9.16. The lowest BCUT2D eigenvalue weighted by Gasteiger charge is -2.42. The lowest BCUT2D eigenvalue weighted by Crippen LogP contribution is -2.48. The fourth-order valence-electron chi connectivity index (χ4n) is 5.34. The third-order valence-corrected chi connectivity index (χ3v) is 6.91. The van der Waals surface area contributed by atoms with Crippen molar-refractivity contribution in [1.82, 2.24) is 14.8 Å². The van der Waals surface area contributed by atoms with Crippen LogP contribution in [0, 0.1) is 12.8 Å². The average molecular weight is 450 g/mol. The minimum atomic E-state index is -0.557. The van der Waals surface area contributed by atoms with Gasteiger partial charge in [0.2, 0.25) is 5.91 Å². The summed E-state index contributed by atoms with van der Waals surface area (Å²) >= 11 is 0. The maximum atomic E-state index is 12.6. The number of fused-ring (bicyclic) bond motifs is 5. The van der Waals surface area contributed by atoms with E-state index in [2.05, 4.69) is 10.2 Å². The van der Waals surface area contributed by atoms with Gasteiger partial charge in [0.05, 0.1) is 12.0 Å². The number of nitrogens with zero attached hydrogens (tertiary/aromatic N) is 2. The maximum absolute atomic E-state index is 12.6. The molecule has 3 aromatic rings. The Morgan fingerprint density at radius 1 is 1.18 bits per heavy atom. The number of piperidine rings is 1. The first-order chi connectivity index (χ1) is 15.9. The second-order valence-electron chi connectivity index (χ2n) is 9.16. The smallest absolute Gasteiger partial charge is 0.340 e. The number of likely N-dealkylation sites (tertiary alicyclic amines) is 1. The van der Waals surface area contributed by atoms with E-state index in [9.17, 15) is 19.5 Å². The molecule has 5 rings (SSSR count). The quantitative estimate of drug-likeness (QED) is 0.575. The van der Waals surface area contributed by atoms with Crippen LogP contribution in [-0.4, -0.2) is 46.7 Å². The van der Waals surface area contributed by atoms with Crippen LogP contribution < -0.4 is 16.5 Å². The fraction of sp³-hybridized carbons (Fsp3) is 0.400. The van der Waals surface area contributed by atoms with E-state index in [0.717, 1.165) is 38.3 Å². The molecule has 0 radical (unpaired) electrons. The lowest BCUT2D eigenvalue weighted by atomic mass is 9.83. The Kier molecular flexibility index (Phi) is 5.54. The van der Waals surface area contributed by atoms with Crippen molar-refractivity contribution in [2.75, 3.05) is 26.2 Å². The van der Waals surface area contributed by atoms with Gasteiger partial charge in [-0.2, -0.15) is 0 Å². The van der Waals surface area contributed by atoms with Gasteiger partial charge in [-0.25, -0.2) is 4.79 Å². The highest BCUT2D eigenvalue weighted by molar-refractivity contribution is 5.85. The van der Waals surface area contributed by atoms with Crippen LogP contribution in [0.4, 0.5) is 0 Å². The molecule has 2 aliphatic rings. The summed E-state index contributed by atoms with van der Waals surface area (Å²) < 4.78 is 7.22. The Morgan fingerprint density at radius 3 is 2.88 bits per heavy atom. The first kappa shape index (κ1) is 21.5. The van der Waals surface area contributed by atoms with Gasteiger partial charge in [-0.05, 0) is 43.0 Å². The molecule has 172 valence electrons. The predicted octanol–water partition coefficient (Wildman–Crippen LogP) is 1.75. The molecular weight excluding hydrogens is 422 g/mol. The zero-order valence-electron chi connectivity index (χ0n) is 18.5. The molecule has 1 aromatic carbocycles. The van der Waals surface area contributed by atoms with E-state index in [1.807, 2.05) is 16.7 Å². The number of carbonyl (C=O) groups excluding carboxylic acids is 1. The van der Waals surface area contributed by atoms with Gasteiger partial charge in [-0.15, -0.1) is 0 Å². The van der Waals surface area contributed by atoms with Crippen molar-refractivity contribution < 1.29 is 14.3 Å². The molecule has 1 fully saturated rings. The van der Waals surface area contributed by atoms with Gasteiger partial charge in [0.1, 0.15) is 11.3 Å². The number of nitrogens with one attached hydrogen (secondary N) is 1. The Labute approximate surface area is 190 Å². The van der Waals surface area contributed by atoms with Gasteiger partial charge in [0.25, 0.3) is 5.56 Å². The summed E-state index contributed by atoms with van der Waals surface area (Å²) in [6.45, 7) is 5.53. The zero-order valence-corrected chi connectivity index (χ0v) is 18.5. The fourth-order valence-corrected chi connectivity index (χ4v) is 5.34. The molecule has 33 heavy (non-hydrogen) atoms. The van der Waals surface area contributed by atoms with E-state index in [1.165, 1.54) is 12.1 Å². The van der Waals surface area contributed by atoms with Crippen LogP contribution in [0.15, 0.2) is 50.4 Å².